The number of alkyl halides is 4. The average molecular weight is 400 g/mol. The Hall–Kier alpha value is -1.68. The lowest BCUT2D eigenvalue weighted by atomic mass is 9.72. The molecular formula is C15H21ClF3N3O4. The molecule has 0 saturated carbocycles. The van der Waals surface area contributed by atoms with Crippen molar-refractivity contribution in [2.75, 3.05) is 19.0 Å². The molecule has 1 aliphatic carbocycles. The van der Waals surface area contributed by atoms with Crippen LogP contribution in [-0.2, 0) is 0 Å². The van der Waals surface area contributed by atoms with Crippen LogP contribution in [0.15, 0.2) is 24.3 Å². The minimum Gasteiger partial charge on any atom is -0.294 e. The highest BCUT2D eigenvalue weighted by Crippen LogP contribution is 2.49. The Kier molecular flexibility index (Phi) is 8.01. The SMILES string of the molecule is CCCC1(C(F)(F)F)C=CC=CC1N(CCCl)CCC([N+](=O)[O-])[N+](=O)[O-]. The topological polar surface area (TPSA) is 89.5 Å². The molecule has 0 fully saturated rings. The molecule has 2 atom stereocenters. The first-order valence-corrected chi connectivity index (χ1v) is 8.64. The van der Waals surface area contributed by atoms with E-state index in [1.165, 1.54) is 23.1 Å². The van der Waals surface area contributed by atoms with Gasteiger partial charge in [-0.05, 0) is 6.42 Å². The molecule has 0 bridgehead atoms. The quantitative estimate of drug-likeness (QED) is 0.242. The maximum atomic E-state index is 13.9. The third-order valence-electron chi connectivity index (χ3n) is 4.44. The minimum absolute atomic E-state index is 0.00425. The lowest BCUT2D eigenvalue weighted by Gasteiger charge is -2.45. The highest BCUT2D eigenvalue weighted by atomic mass is 35.5. The highest BCUT2D eigenvalue weighted by molar-refractivity contribution is 6.18. The number of halogens is 4. The summed E-state index contributed by atoms with van der Waals surface area (Å²) in [4.78, 5) is 20.8. The van der Waals surface area contributed by atoms with Crippen molar-refractivity contribution in [2.24, 2.45) is 5.41 Å². The normalized spacial score (nSPS) is 23.0. The molecule has 0 aromatic carbocycles. The van der Waals surface area contributed by atoms with Gasteiger partial charge in [0.2, 0.25) is 0 Å². The molecule has 0 saturated heterocycles. The van der Waals surface area contributed by atoms with Gasteiger partial charge in [-0.1, -0.05) is 37.6 Å². The molecule has 0 spiro atoms. The van der Waals surface area contributed by atoms with Crippen molar-refractivity contribution in [2.45, 2.75) is 44.6 Å². The summed E-state index contributed by atoms with van der Waals surface area (Å²) in [5.74, 6) is -0.00425. The molecule has 11 heteroatoms. The summed E-state index contributed by atoms with van der Waals surface area (Å²) < 4.78 is 41.8. The van der Waals surface area contributed by atoms with Gasteiger partial charge in [0, 0.05) is 25.0 Å². The van der Waals surface area contributed by atoms with Crippen LogP contribution < -0.4 is 0 Å². The van der Waals surface area contributed by atoms with E-state index in [2.05, 4.69) is 0 Å². The zero-order valence-corrected chi connectivity index (χ0v) is 14.9. The minimum atomic E-state index is -4.55. The number of nitrogens with zero attached hydrogens (tertiary/aromatic N) is 3. The largest absolute Gasteiger partial charge is 0.452 e. The Balaban J connectivity index is 3.15. The van der Waals surface area contributed by atoms with E-state index in [-0.39, 0.29) is 31.8 Å². The number of allylic oxidation sites excluding steroid dienone is 2. The molecule has 0 radical (unpaired) electrons. The van der Waals surface area contributed by atoms with Crippen molar-refractivity contribution in [1.29, 1.82) is 0 Å². The van der Waals surface area contributed by atoms with Crippen LogP contribution in [0.5, 0.6) is 0 Å². The van der Waals surface area contributed by atoms with Gasteiger partial charge in [-0.3, -0.25) is 25.1 Å². The first kappa shape index (κ1) is 22.4. The van der Waals surface area contributed by atoms with Crippen molar-refractivity contribution < 1.29 is 23.0 Å². The van der Waals surface area contributed by atoms with Crippen LogP contribution in [0.25, 0.3) is 0 Å². The van der Waals surface area contributed by atoms with Gasteiger partial charge in [-0.15, -0.1) is 11.6 Å². The number of hydrogen-bond donors (Lipinski definition) is 0. The average Bonchev–Trinajstić information content (AvgIpc) is 2.53. The van der Waals surface area contributed by atoms with E-state index in [0.29, 0.717) is 0 Å². The second kappa shape index (κ2) is 9.31. The fourth-order valence-corrected chi connectivity index (χ4v) is 3.45. The van der Waals surface area contributed by atoms with Crippen molar-refractivity contribution in [1.82, 2.24) is 4.90 Å². The van der Waals surface area contributed by atoms with Gasteiger partial charge in [0.1, 0.15) is 5.41 Å². The Bertz CT molecular complexity index is 557. The molecule has 0 aliphatic heterocycles. The van der Waals surface area contributed by atoms with Crippen LogP contribution >= 0.6 is 11.6 Å². The zero-order valence-electron chi connectivity index (χ0n) is 14.2. The van der Waals surface area contributed by atoms with Gasteiger partial charge in [0.15, 0.2) is 0 Å². The summed E-state index contributed by atoms with van der Waals surface area (Å²) in [6.07, 6.45) is -1.74. The predicted octanol–water partition coefficient (Wildman–Crippen LogP) is 3.64. The molecule has 0 amide bonds. The van der Waals surface area contributed by atoms with Gasteiger partial charge in [0.05, 0.1) is 16.3 Å². The molecule has 0 N–H and O–H groups in total. The fraction of sp³-hybridized carbons (Fsp3) is 0.733. The maximum absolute atomic E-state index is 13.9. The maximum Gasteiger partial charge on any atom is 0.452 e. The lowest BCUT2D eigenvalue weighted by molar-refractivity contribution is -0.742. The standard InChI is InChI=1S/C15H21ClF3N3O4/c1-2-7-14(15(17,18)19)8-4-3-5-12(14)20(11-9-16)10-6-13(21(23)24)22(25)26/h3-5,8,12-13H,2,6-7,9-11H2,1H3. The molecule has 0 heterocycles. The van der Waals surface area contributed by atoms with Crippen molar-refractivity contribution in [3.8, 4) is 0 Å². The molecule has 2 unspecified atom stereocenters. The van der Waals surface area contributed by atoms with E-state index in [4.69, 9.17) is 11.6 Å². The molecule has 0 aromatic heterocycles. The van der Waals surface area contributed by atoms with E-state index < -0.39 is 40.1 Å². The first-order chi connectivity index (χ1) is 12.1. The molecule has 26 heavy (non-hydrogen) atoms. The summed E-state index contributed by atoms with van der Waals surface area (Å²) >= 11 is 5.71. The van der Waals surface area contributed by atoms with Crippen LogP contribution in [-0.4, -0.2) is 52.1 Å². The smallest absolute Gasteiger partial charge is 0.294 e. The molecule has 1 rings (SSSR count). The second-order valence-electron chi connectivity index (χ2n) is 6.04. The van der Waals surface area contributed by atoms with Crippen LogP contribution in [0, 0.1) is 25.6 Å². The third-order valence-corrected chi connectivity index (χ3v) is 4.61. The predicted molar refractivity (Wildman–Crippen MR) is 90.2 cm³/mol. The Morgan fingerprint density at radius 3 is 2.31 bits per heavy atom. The molecular weight excluding hydrogens is 379 g/mol. The third kappa shape index (κ3) is 4.94. The van der Waals surface area contributed by atoms with Gasteiger partial charge >= 0.3 is 12.3 Å². The van der Waals surface area contributed by atoms with Gasteiger partial charge in [0.25, 0.3) is 0 Å². The van der Waals surface area contributed by atoms with Crippen molar-refractivity contribution in [3.05, 3.63) is 44.5 Å². The summed E-state index contributed by atoms with van der Waals surface area (Å²) in [7, 11) is 0. The molecule has 148 valence electrons. The van der Waals surface area contributed by atoms with Crippen molar-refractivity contribution >= 4 is 11.6 Å². The molecule has 1 aliphatic rings. The lowest BCUT2D eigenvalue weighted by Crippen LogP contribution is -2.55. The van der Waals surface area contributed by atoms with Crippen LogP contribution in [0.4, 0.5) is 13.2 Å². The Morgan fingerprint density at radius 1 is 1.23 bits per heavy atom. The first-order valence-electron chi connectivity index (χ1n) is 8.10. The van der Waals surface area contributed by atoms with E-state index in [0.717, 1.165) is 6.08 Å². The van der Waals surface area contributed by atoms with E-state index >= 15 is 0 Å². The molecule has 0 aromatic rings. The zero-order chi connectivity index (χ0) is 20.0. The number of hydrogen-bond acceptors (Lipinski definition) is 5. The fourth-order valence-electron chi connectivity index (χ4n) is 3.23. The van der Waals surface area contributed by atoms with Crippen LogP contribution in [0.3, 0.4) is 0 Å². The second-order valence-corrected chi connectivity index (χ2v) is 6.42. The van der Waals surface area contributed by atoms with Gasteiger partial charge in [-0.2, -0.15) is 13.2 Å². The number of rotatable bonds is 10. The molecule has 7 nitrogen and oxygen atoms in total. The summed E-state index contributed by atoms with van der Waals surface area (Å²) in [6.45, 7) is 1.41. The van der Waals surface area contributed by atoms with Gasteiger partial charge < -0.3 is 0 Å². The Morgan fingerprint density at radius 2 is 1.85 bits per heavy atom. The van der Waals surface area contributed by atoms with E-state index in [1.54, 1.807) is 6.92 Å². The van der Waals surface area contributed by atoms with E-state index in [9.17, 15) is 33.4 Å². The van der Waals surface area contributed by atoms with Crippen molar-refractivity contribution in [3.63, 3.8) is 0 Å². The summed E-state index contributed by atoms with van der Waals surface area (Å²) in [5, 5.41) is 21.6. The van der Waals surface area contributed by atoms with Gasteiger partial charge in [-0.25, -0.2) is 0 Å². The Labute approximate surface area is 153 Å². The monoisotopic (exact) mass is 399 g/mol. The summed E-state index contributed by atoms with van der Waals surface area (Å²) in [5.41, 5.74) is -2.17. The highest BCUT2D eigenvalue weighted by Gasteiger charge is 2.58. The van der Waals surface area contributed by atoms with E-state index in [1.807, 2.05) is 0 Å². The van der Waals surface area contributed by atoms with Crippen LogP contribution in [0.1, 0.15) is 26.2 Å². The summed E-state index contributed by atoms with van der Waals surface area (Å²) in [6, 6.07) is -1.13. The van der Waals surface area contributed by atoms with Crippen LogP contribution in [0.2, 0.25) is 0 Å². The number of nitro groups is 2.